The summed E-state index contributed by atoms with van der Waals surface area (Å²) in [7, 11) is -4.77. The number of phenols is 1. The minimum absolute atomic E-state index is 0.0718. The van der Waals surface area contributed by atoms with Crippen LogP contribution in [0.15, 0.2) is 87.0 Å². The lowest BCUT2D eigenvalue weighted by Crippen LogP contribution is -2.30. The molecule has 0 bridgehead atoms. The lowest BCUT2D eigenvalue weighted by atomic mass is 10.0. The van der Waals surface area contributed by atoms with Crippen molar-refractivity contribution in [2.75, 3.05) is 5.01 Å². The van der Waals surface area contributed by atoms with Crippen LogP contribution < -0.4 is 9.75 Å². The maximum Gasteiger partial charge on any atom is 0.339 e. The molecule has 13 heteroatoms. The average Bonchev–Trinajstić information content (AvgIpc) is 3.43. The lowest BCUT2D eigenvalue weighted by molar-refractivity contribution is -0.117. The zero-order valence-electron chi connectivity index (χ0n) is 29.8. The summed E-state index contributed by atoms with van der Waals surface area (Å²) in [5.74, 6) is -2.16. The largest absolute Gasteiger partial charge is 0.507 e. The Morgan fingerprint density at radius 1 is 0.827 bits per heavy atom. The standard InChI is InChI=1S/C39H50N4O8S/c1-2-3-4-5-6-7-8-9-10-11-12-13-14-15-19-22-33-37(41-40-29-23-25-34(44)32(27-29)39(46)47)38(45)43(42-33)30-24-26-35(36(28-30)52(48,49)50)51-31-20-17-16-18-21-31/h16-18,20-21,23-28,37,44H,2-15,19,22H2,1H3,(H,46,47)(H,48,49,50). The molecule has 1 unspecified atom stereocenters. The van der Waals surface area contributed by atoms with Gasteiger partial charge >= 0.3 is 5.97 Å². The number of hydrazone groups is 1. The zero-order valence-corrected chi connectivity index (χ0v) is 30.6. The molecule has 52 heavy (non-hydrogen) atoms. The molecule has 1 amide bonds. The summed E-state index contributed by atoms with van der Waals surface area (Å²) < 4.78 is 40.5. The monoisotopic (exact) mass is 734 g/mol. The third-order valence-corrected chi connectivity index (χ3v) is 9.82. The number of carbonyl (C=O) groups is 2. The minimum Gasteiger partial charge on any atom is -0.507 e. The van der Waals surface area contributed by atoms with Gasteiger partial charge in [0.15, 0.2) is 6.04 Å². The minimum atomic E-state index is -4.77. The number of aromatic carboxylic acids is 1. The number of carbonyl (C=O) groups excluding carboxylic acids is 1. The first-order valence-electron chi connectivity index (χ1n) is 18.3. The number of carboxylic acid groups (broad SMARTS) is 1. The van der Waals surface area contributed by atoms with Gasteiger partial charge in [-0.25, -0.2) is 4.79 Å². The Kier molecular flexibility index (Phi) is 15.8. The summed E-state index contributed by atoms with van der Waals surface area (Å²) in [5, 5.41) is 33.1. The Labute approximate surface area is 306 Å². The van der Waals surface area contributed by atoms with Crippen LogP contribution in [0.5, 0.6) is 17.2 Å². The second-order valence-corrected chi connectivity index (χ2v) is 14.5. The zero-order chi connectivity index (χ0) is 37.3. The van der Waals surface area contributed by atoms with E-state index in [0.29, 0.717) is 17.9 Å². The first kappa shape index (κ1) is 40.2. The molecule has 1 aliphatic rings. The Morgan fingerprint density at radius 2 is 1.42 bits per heavy atom. The Balaban J connectivity index is 1.40. The van der Waals surface area contributed by atoms with Gasteiger partial charge < -0.3 is 14.9 Å². The first-order valence-corrected chi connectivity index (χ1v) is 19.8. The number of nitrogens with zero attached hydrogens (tertiary/aromatic N) is 4. The third-order valence-electron chi connectivity index (χ3n) is 8.94. The Bertz CT molecular complexity index is 1800. The summed E-state index contributed by atoms with van der Waals surface area (Å²) in [6.45, 7) is 2.24. The number of unbranched alkanes of at least 4 members (excludes halogenated alkanes) is 14. The van der Waals surface area contributed by atoms with Crippen LogP contribution in [0.3, 0.4) is 0 Å². The third kappa shape index (κ3) is 12.3. The van der Waals surface area contributed by atoms with E-state index in [1.165, 1.54) is 94.9 Å². The fourth-order valence-corrected chi connectivity index (χ4v) is 6.70. The van der Waals surface area contributed by atoms with E-state index in [-0.39, 0.29) is 22.7 Å². The van der Waals surface area contributed by atoms with E-state index in [1.807, 2.05) is 0 Å². The van der Waals surface area contributed by atoms with Crippen LogP contribution in [-0.2, 0) is 14.9 Å². The second-order valence-electron chi connectivity index (χ2n) is 13.1. The van der Waals surface area contributed by atoms with Crippen molar-refractivity contribution in [2.45, 2.75) is 121 Å². The van der Waals surface area contributed by atoms with E-state index in [4.69, 9.17) is 4.74 Å². The second kappa shape index (κ2) is 20.4. The van der Waals surface area contributed by atoms with Crippen molar-refractivity contribution in [3.8, 4) is 17.2 Å². The van der Waals surface area contributed by atoms with Crippen LogP contribution in [0.2, 0.25) is 0 Å². The van der Waals surface area contributed by atoms with Crippen LogP contribution in [0.1, 0.15) is 120 Å². The van der Waals surface area contributed by atoms with Crippen molar-refractivity contribution >= 4 is 39.1 Å². The Morgan fingerprint density at radius 3 is 2.00 bits per heavy atom. The maximum atomic E-state index is 13.7. The van der Waals surface area contributed by atoms with Crippen molar-refractivity contribution in [1.82, 2.24) is 0 Å². The molecule has 4 rings (SSSR count). The number of carboxylic acids is 1. The highest BCUT2D eigenvalue weighted by atomic mass is 32.2. The van der Waals surface area contributed by atoms with Crippen LogP contribution in [0.25, 0.3) is 0 Å². The van der Waals surface area contributed by atoms with E-state index >= 15 is 0 Å². The van der Waals surface area contributed by atoms with Crippen molar-refractivity contribution in [3.63, 3.8) is 0 Å². The molecular formula is C39H50N4O8S. The number of amides is 1. The molecule has 280 valence electrons. The van der Waals surface area contributed by atoms with Gasteiger partial charge in [-0.05, 0) is 61.4 Å². The molecule has 3 N–H and O–H groups in total. The molecule has 3 aromatic rings. The lowest BCUT2D eigenvalue weighted by Gasteiger charge is -2.15. The SMILES string of the molecule is CCCCCCCCCCCCCCCCCC1=NN(c2ccc(Oc3ccccc3)c(S(=O)(=O)O)c2)C(=O)C1N=Nc1ccc(O)c(C(=O)O)c1. The van der Waals surface area contributed by atoms with E-state index < -0.39 is 38.7 Å². The number of aromatic hydroxyl groups is 1. The van der Waals surface area contributed by atoms with Crippen LogP contribution >= 0.6 is 0 Å². The van der Waals surface area contributed by atoms with E-state index in [1.54, 1.807) is 30.3 Å². The van der Waals surface area contributed by atoms with Crippen molar-refractivity contribution in [1.29, 1.82) is 0 Å². The molecule has 0 saturated carbocycles. The molecule has 0 fully saturated rings. The quantitative estimate of drug-likeness (QED) is 0.0489. The summed E-state index contributed by atoms with van der Waals surface area (Å²) in [4.78, 5) is 24.7. The highest BCUT2D eigenvalue weighted by Crippen LogP contribution is 2.35. The number of hydrogen-bond donors (Lipinski definition) is 3. The van der Waals surface area contributed by atoms with Gasteiger partial charge in [0.25, 0.3) is 16.0 Å². The highest BCUT2D eigenvalue weighted by Gasteiger charge is 2.37. The van der Waals surface area contributed by atoms with Crippen LogP contribution in [0, 0.1) is 0 Å². The van der Waals surface area contributed by atoms with Crippen LogP contribution in [0.4, 0.5) is 11.4 Å². The molecule has 1 atom stereocenters. The van der Waals surface area contributed by atoms with Crippen molar-refractivity contribution in [2.24, 2.45) is 15.3 Å². The Hall–Kier alpha value is -4.62. The number of ether oxygens (including phenoxy) is 1. The van der Waals surface area contributed by atoms with Gasteiger partial charge in [-0.2, -0.15) is 28.8 Å². The van der Waals surface area contributed by atoms with Gasteiger partial charge in [-0.15, -0.1) is 0 Å². The summed E-state index contributed by atoms with van der Waals surface area (Å²) in [5.41, 5.74) is 0.239. The molecule has 1 aliphatic heterocycles. The molecule has 0 aliphatic carbocycles. The van der Waals surface area contributed by atoms with Gasteiger partial charge in [-0.3, -0.25) is 9.35 Å². The molecule has 1 heterocycles. The molecule has 0 spiro atoms. The number of para-hydroxylation sites is 1. The fraction of sp³-hybridized carbons (Fsp3) is 0.462. The van der Waals surface area contributed by atoms with Crippen LogP contribution in [-0.4, -0.2) is 46.8 Å². The summed E-state index contributed by atoms with van der Waals surface area (Å²) in [6.07, 6.45) is 18.6. The van der Waals surface area contributed by atoms with E-state index in [2.05, 4.69) is 22.3 Å². The molecule has 3 aromatic carbocycles. The van der Waals surface area contributed by atoms with E-state index in [0.717, 1.165) is 42.8 Å². The number of benzene rings is 3. The molecule has 0 saturated heterocycles. The molecule has 0 aromatic heterocycles. The van der Waals surface area contributed by atoms with Crippen molar-refractivity contribution in [3.05, 3.63) is 72.3 Å². The summed E-state index contributed by atoms with van der Waals surface area (Å²) >= 11 is 0. The molecule has 0 radical (unpaired) electrons. The van der Waals surface area contributed by atoms with Gasteiger partial charge in [-0.1, -0.05) is 115 Å². The first-order chi connectivity index (χ1) is 25.1. The maximum absolute atomic E-state index is 13.7. The smallest absolute Gasteiger partial charge is 0.339 e. The number of azo groups is 1. The molecular weight excluding hydrogens is 685 g/mol. The number of hydrogen-bond acceptors (Lipinski definition) is 9. The van der Waals surface area contributed by atoms with Gasteiger partial charge in [0.05, 0.1) is 17.1 Å². The van der Waals surface area contributed by atoms with Crippen molar-refractivity contribution < 1.29 is 37.5 Å². The topological polar surface area (TPSA) is 179 Å². The highest BCUT2D eigenvalue weighted by molar-refractivity contribution is 7.86. The predicted molar refractivity (Wildman–Crippen MR) is 201 cm³/mol. The van der Waals surface area contributed by atoms with Gasteiger partial charge in [0.2, 0.25) is 0 Å². The predicted octanol–water partition coefficient (Wildman–Crippen LogP) is 10.2. The fourth-order valence-electron chi connectivity index (χ4n) is 6.07. The molecule has 12 nitrogen and oxygen atoms in total. The normalized spacial score (nSPS) is 14.7. The summed E-state index contributed by atoms with van der Waals surface area (Å²) in [6, 6.07) is 14.9. The number of rotatable bonds is 23. The number of anilines is 1. The van der Waals surface area contributed by atoms with E-state index in [9.17, 15) is 32.8 Å². The van der Waals surface area contributed by atoms with Gasteiger partial charge in [0.1, 0.15) is 27.7 Å². The van der Waals surface area contributed by atoms with Gasteiger partial charge in [0, 0.05) is 0 Å². The average molecular weight is 735 g/mol.